The molecule has 0 saturated carbocycles. The van der Waals surface area contributed by atoms with E-state index in [9.17, 15) is 13.2 Å². The molecule has 20 heavy (non-hydrogen) atoms. The number of aryl methyl sites for hydroxylation is 1. The molecule has 0 amide bonds. The van der Waals surface area contributed by atoms with Crippen molar-refractivity contribution in [2.24, 2.45) is 0 Å². The van der Waals surface area contributed by atoms with Crippen LogP contribution in [0.1, 0.15) is 5.56 Å². The lowest BCUT2D eigenvalue weighted by Crippen LogP contribution is -1.94. The van der Waals surface area contributed by atoms with Crippen LogP contribution in [0.5, 0.6) is 0 Å². The van der Waals surface area contributed by atoms with Crippen LogP contribution in [0.25, 0.3) is 22.4 Å². The van der Waals surface area contributed by atoms with Crippen molar-refractivity contribution in [3.63, 3.8) is 0 Å². The van der Waals surface area contributed by atoms with Crippen molar-refractivity contribution in [3.8, 4) is 11.4 Å². The number of imidazole rings is 1. The van der Waals surface area contributed by atoms with Gasteiger partial charge >= 0.3 is 0 Å². The summed E-state index contributed by atoms with van der Waals surface area (Å²) in [6, 6.07) is 5.70. The van der Waals surface area contributed by atoms with E-state index in [0.29, 0.717) is 11.0 Å². The molecule has 0 fully saturated rings. The van der Waals surface area contributed by atoms with Crippen LogP contribution in [-0.2, 0) is 0 Å². The van der Waals surface area contributed by atoms with Crippen LogP contribution >= 0.6 is 15.9 Å². The van der Waals surface area contributed by atoms with E-state index in [-0.39, 0.29) is 11.4 Å². The van der Waals surface area contributed by atoms with Crippen LogP contribution in [0.15, 0.2) is 28.7 Å². The summed E-state index contributed by atoms with van der Waals surface area (Å²) in [6.07, 6.45) is 0. The Bertz CT molecular complexity index is 827. The normalized spacial score (nSPS) is 11.2. The van der Waals surface area contributed by atoms with E-state index < -0.39 is 17.5 Å². The Kier molecular flexibility index (Phi) is 3.05. The molecule has 0 spiro atoms. The van der Waals surface area contributed by atoms with Crippen LogP contribution in [0.4, 0.5) is 13.2 Å². The summed E-state index contributed by atoms with van der Waals surface area (Å²) in [5, 5.41) is 0. The summed E-state index contributed by atoms with van der Waals surface area (Å²) in [7, 11) is 0. The van der Waals surface area contributed by atoms with Gasteiger partial charge < -0.3 is 4.98 Å². The Balaban J connectivity index is 2.26. The molecule has 2 nitrogen and oxygen atoms in total. The van der Waals surface area contributed by atoms with E-state index in [0.717, 1.165) is 22.2 Å². The molecule has 0 atom stereocenters. The minimum absolute atomic E-state index is 0.101. The van der Waals surface area contributed by atoms with E-state index in [2.05, 4.69) is 25.9 Å². The Morgan fingerprint density at radius 2 is 1.85 bits per heavy atom. The lowest BCUT2D eigenvalue weighted by atomic mass is 10.2. The fourth-order valence-electron chi connectivity index (χ4n) is 2.08. The van der Waals surface area contributed by atoms with Gasteiger partial charge in [-0.1, -0.05) is 15.9 Å². The maximum Gasteiger partial charge on any atom is 0.195 e. The van der Waals surface area contributed by atoms with E-state index in [1.165, 1.54) is 0 Å². The smallest absolute Gasteiger partial charge is 0.195 e. The molecule has 2 aromatic carbocycles. The molecule has 0 aliphatic heterocycles. The van der Waals surface area contributed by atoms with Gasteiger partial charge in [-0.2, -0.15) is 0 Å². The average Bonchev–Trinajstić information content (AvgIpc) is 2.80. The second-order valence-corrected chi connectivity index (χ2v) is 5.34. The van der Waals surface area contributed by atoms with E-state index in [1.54, 1.807) is 6.07 Å². The number of nitrogens with one attached hydrogen (secondary N) is 1. The van der Waals surface area contributed by atoms with Crippen molar-refractivity contribution < 1.29 is 13.2 Å². The molecule has 3 aromatic rings. The molecule has 0 saturated heterocycles. The molecule has 1 N–H and O–H groups in total. The summed E-state index contributed by atoms with van der Waals surface area (Å²) >= 11 is 3.35. The third-order valence-electron chi connectivity index (χ3n) is 3.03. The monoisotopic (exact) mass is 340 g/mol. The highest BCUT2D eigenvalue weighted by molar-refractivity contribution is 9.10. The van der Waals surface area contributed by atoms with Gasteiger partial charge in [-0.25, -0.2) is 18.2 Å². The van der Waals surface area contributed by atoms with Gasteiger partial charge in [0.05, 0.1) is 16.6 Å². The minimum Gasteiger partial charge on any atom is -0.338 e. The van der Waals surface area contributed by atoms with Gasteiger partial charge in [0.2, 0.25) is 0 Å². The molecule has 0 radical (unpaired) electrons. The molecule has 0 aliphatic carbocycles. The Hall–Kier alpha value is -1.82. The highest BCUT2D eigenvalue weighted by Crippen LogP contribution is 2.28. The van der Waals surface area contributed by atoms with E-state index >= 15 is 0 Å². The number of fused-ring (bicyclic) bond motifs is 1. The summed E-state index contributed by atoms with van der Waals surface area (Å²) < 4.78 is 40.8. The Morgan fingerprint density at radius 1 is 1.10 bits per heavy atom. The number of halogens is 4. The summed E-state index contributed by atoms with van der Waals surface area (Å²) in [4.78, 5) is 7.16. The number of aromatic nitrogens is 2. The first-order valence-electron chi connectivity index (χ1n) is 5.77. The fraction of sp³-hybridized carbons (Fsp3) is 0.0714. The predicted molar refractivity (Wildman–Crippen MR) is 73.8 cm³/mol. The van der Waals surface area contributed by atoms with Crippen LogP contribution in [0.2, 0.25) is 0 Å². The first kappa shape index (κ1) is 13.2. The van der Waals surface area contributed by atoms with Crippen molar-refractivity contribution in [1.82, 2.24) is 9.97 Å². The number of hydrogen-bond acceptors (Lipinski definition) is 1. The molecular formula is C14H8BrF3N2. The number of benzene rings is 2. The minimum atomic E-state index is -1.50. The second kappa shape index (κ2) is 4.63. The van der Waals surface area contributed by atoms with Gasteiger partial charge in [0, 0.05) is 4.47 Å². The zero-order valence-corrected chi connectivity index (χ0v) is 11.9. The third-order valence-corrected chi connectivity index (χ3v) is 3.49. The van der Waals surface area contributed by atoms with Gasteiger partial charge in [-0.3, -0.25) is 0 Å². The van der Waals surface area contributed by atoms with Crippen molar-refractivity contribution in [2.45, 2.75) is 6.92 Å². The third kappa shape index (κ3) is 2.00. The quantitative estimate of drug-likeness (QED) is 0.638. The van der Waals surface area contributed by atoms with Gasteiger partial charge in [0.15, 0.2) is 17.5 Å². The van der Waals surface area contributed by atoms with E-state index in [1.807, 2.05) is 13.0 Å². The van der Waals surface area contributed by atoms with Crippen LogP contribution in [-0.4, -0.2) is 9.97 Å². The van der Waals surface area contributed by atoms with Crippen molar-refractivity contribution in [3.05, 3.63) is 51.8 Å². The summed E-state index contributed by atoms with van der Waals surface area (Å²) in [6.45, 7) is 1.86. The average molecular weight is 341 g/mol. The molecule has 1 aromatic heterocycles. The van der Waals surface area contributed by atoms with Crippen molar-refractivity contribution in [1.29, 1.82) is 0 Å². The number of nitrogens with zero attached hydrogens (tertiary/aromatic N) is 1. The number of aromatic amines is 1. The van der Waals surface area contributed by atoms with Crippen molar-refractivity contribution in [2.75, 3.05) is 0 Å². The molecule has 0 bridgehead atoms. The number of rotatable bonds is 1. The van der Waals surface area contributed by atoms with Crippen LogP contribution in [0.3, 0.4) is 0 Å². The zero-order chi connectivity index (χ0) is 14.4. The summed E-state index contributed by atoms with van der Waals surface area (Å²) in [5.74, 6) is -3.81. The zero-order valence-electron chi connectivity index (χ0n) is 10.3. The fourth-order valence-corrected chi connectivity index (χ4v) is 2.66. The van der Waals surface area contributed by atoms with E-state index in [4.69, 9.17) is 0 Å². The maximum absolute atomic E-state index is 13.8. The van der Waals surface area contributed by atoms with Crippen molar-refractivity contribution >= 4 is 27.0 Å². The predicted octanol–water partition coefficient (Wildman–Crippen LogP) is 4.72. The number of H-pyrrole nitrogens is 1. The van der Waals surface area contributed by atoms with Crippen LogP contribution < -0.4 is 0 Å². The Labute approximate surface area is 120 Å². The lowest BCUT2D eigenvalue weighted by molar-refractivity contribution is 0.448. The van der Waals surface area contributed by atoms with Gasteiger partial charge in [-0.15, -0.1) is 0 Å². The first-order chi connectivity index (χ1) is 9.47. The first-order valence-corrected chi connectivity index (χ1v) is 6.56. The molecule has 0 unspecified atom stereocenters. The largest absolute Gasteiger partial charge is 0.338 e. The molecule has 0 aliphatic rings. The van der Waals surface area contributed by atoms with Gasteiger partial charge in [-0.05, 0) is 36.8 Å². The topological polar surface area (TPSA) is 28.7 Å². The van der Waals surface area contributed by atoms with Gasteiger partial charge in [0.1, 0.15) is 5.82 Å². The lowest BCUT2D eigenvalue weighted by Gasteiger charge is -2.00. The summed E-state index contributed by atoms with van der Waals surface area (Å²) in [5.41, 5.74) is 2.14. The standard InChI is InChI=1S/C14H8BrF3N2/c1-6-4-7(15)5-10-13(6)20-14(19-10)8-2-3-9(16)12(18)11(8)17/h2-5H,1H3,(H,19,20). The molecule has 6 heteroatoms. The second-order valence-electron chi connectivity index (χ2n) is 4.43. The Morgan fingerprint density at radius 3 is 2.60 bits per heavy atom. The molecule has 102 valence electrons. The SMILES string of the molecule is Cc1cc(Br)cc2[nH]c(-c3ccc(F)c(F)c3F)nc12. The molecule has 1 heterocycles. The van der Waals surface area contributed by atoms with Gasteiger partial charge in [0.25, 0.3) is 0 Å². The van der Waals surface area contributed by atoms with Crippen LogP contribution in [0, 0.1) is 24.4 Å². The molecular weight excluding hydrogens is 333 g/mol. The maximum atomic E-state index is 13.8. The highest BCUT2D eigenvalue weighted by atomic mass is 79.9. The number of hydrogen-bond donors (Lipinski definition) is 1. The highest BCUT2D eigenvalue weighted by Gasteiger charge is 2.17. The molecule has 3 rings (SSSR count).